The maximum atomic E-state index is 6.10. The molecule has 0 N–H and O–H groups in total. The second-order valence-electron chi connectivity index (χ2n) is 7.89. The molecule has 0 bridgehead atoms. The quantitative estimate of drug-likeness (QED) is 0.616. The average molecular weight is 263 g/mol. The summed E-state index contributed by atoms with van der Waals surface area (Å²) in [4.78, 5) is 2.47. The summed E-state index contributed by atoms with van der Waals surface area (Å²) in [7, 11) is 2.25. The van der Waals surface area contributed by atoms with Crippen LogP contribution in [-0.2, 0) is 4.74 Å². The van der Waals surface area contributed by atoms with E-state index >= 15 is 0 Å². The predicted octanol–water partition coefficient (Wildman–Crippen LogP) is 3.83. The molecule has 2 nitrogen and oxygen atoms in total. The van der Waals surface area contributed by atoms with Crippen molar-refractivity contribution in [3.63, 3.8) is 0 Å². The van der Waals surface area contributed by atoms with Gasteiger partial charge in [-0.05, 0) is 58.9 Å². The molecule has 3 rings (SSSR count). The van der Waals surface area contributed by atoms with Gasteiger partial charge in [0, 0.05) is 17.9 Å². The van der Waals surface area contributed by atoms with Gasteiger partial charge in [0.05, 0.1) is 12.3 Å². The van der Waals surface area contributed by atoms with Gasteiger partial charge in [-0.2, -0.15) is 0 Å². The van der Waals surface area contributed by atoms with Gasteiger partial charge >= 0.3 is 0 Å². The Kier molecular flexibility index (Phi) is 3.10. The molecular weight excluding hydrogens is 234 g/mol. The molecule has 1 saturated heterocycles. The van der Waals surface area contributed by atoms with Gasteiger partial charge in [0.15, 0.2) is 0 Å². The Morgan fingerprint density at radius 3 is 2.74 bits per heavy atom. The molecule has 0 amide bonds. The topological polar surface area (TPSA) is 12.5 Å². The fourth-order valence-corrected chi connectivity index (χ4v) is 5.09. The van der Waals surface area contributed by atoms with Crippen LogP contribution in [0, 0.1) is 17.3 Å². The second-order valence-corrected chi connectivity index (χ2v) is 7.89. The highest BCUT2D eigenvalue weighted by atomic mass is 16.5. The van der Waals surface area contributed by atoms with Crippen LogP contribution in [0.25, 0.3) is 0 Å². The molecule has 0 radical (unpaired) electrons. The minimum atomic E-state index is 0.0379. The van der Waals surface area contributed by atoms with Gasteiger partial charge in [0.2, 0.25) is 0 Å². The molecule has 0 spiro atoms. The predicted molar refractivity (Wildman–Crippen MR) is 78.9 cm³/mol. The van der Waals surface area contributed by atoms with Crippen molar-refractivity contribution in [3.8, 4) is 0 Å². The maximum Gasteiger partial charge on any atom is 0.0997 e. The lowest BCUT2D eigenvalue weighted by Gasteiger charge is -2.60. The van der Waals surface area contributed by atoms with Crippen LogP contribution in [0.2, 0.25) is 0 Å². The largest absolute Gasteiger partial charge is 0.360 e. The van der Waals surface area contributed by atoms with E-state index in [4.69, 9.17) is 4.74 Å². The van der Waals surface area contributed by atoms with Gasteiger partial charge < -0.3 is 4.74 Å². The first-order chi connectivity index (χ1) is 8.85. The van der Waals surface area contributed by atoms with Crippen LogP contribution < -0.4 is 0 Å². The maximum absolute atomic E-state index is 6.10. The zero-order chi connectivity index (χ0) is 13.8. The lowest BCUT2D eigenvalue weighted by atomic mass is 9.53. The number of nitrogens with zero attached hydrogens (tertiary/aromatic N) is 1. The Labute approximate surface area is 118 Å². The van der Waals surface area contributed by atoms with E-state index in [1.54, 1.807) is 5.57 Å². The van der Waals surface area contributed by atoms with Crippen molar-refractivity contribution >= 4 is 0 Å². The zero-order valence-corrected chi connectivity index (χ0v) is 13.2. The molecule has 0 unspecified atom stereocenters. The smallest absolute Gasteiger partial charge is 0.0997 e. The molecule has 19 heavy (non-hydrogen) atoms. The molecule has 3 aliphatic rings. The van der Waals surface area contributed by atoms with Crippen molar-refractivity contribution < 1.29 is 4.74 Å². The molecule has 0 aromatic heterocycles. The van der Waals surface area contributed by atoms with Crippen molar-refractivity contribution in [2.45, 2.75) is 65.0 Å². The zero-order valence-electron chi connectivity index (χ0n) is 13.2. The van der Waals surface area contributed by atoms with Gasteiger partial charge in [-0.25, -0.2) is 0 Å². The number of rotatable bonds is 0. The highest BCUT2D eigenvalue weighted by Crippen LogP contribution is 2.56. The van der Waals surface area contributed by atoms with Crippen molar-refractivity contribution in [1.82, 2.24) is 4.90 Å². The number of ether oxygens (including phenoxy) is 1. The van der Waals surface area contributed by atoms with Crippen LogP contribution in [0.4, 0.5) is 0 Å². The van der Waals surface area contributed by atoms with Crippen LogP contribution >= 0.6 is 0 Å². The molecule has 1 heterocycles. The fraction of sp³-hybridized carbons (Fsp3) is 0.882. The summed E-state index contributed by atoms with van der Waals surface area (Å²) in [5, 5.41) is 0. The van der Waals surface area contributed by atoms with E-state index in [1.807, 2.05) is 0 Å². The van der Waals surface area contributed by atoms with Crippen LogP contribution in [0.1, 0.15) is 53.4 Å². The van der Waals surface area contributed by atoms with E-state index in [1.165, 1.54) is 25.7 Å². The number of hydrogen-bond acceptors (Lipinski definition) is 2. The van der Waals surface area contributed by atoms with Crippen LogP contribution in [0.3, 0.4) is 0 Å². The van der Waals surface area contributed by atoms with Gasteiger partial charge in [0.25, 0.3) is 0 Å². The first kappa shape index (κ1) is 13.6. The van der Waals surface area contributed by atoms with Crippen LogP contribution in [-0.4, -0.2) is 30.3 Å². The summed E-state index contributed by atoms with van der Waals surface area (Å²) in [6.45, 7) is 10.3. The van der Waals surface area contributed by atoms with Crippen molar-refractivity contribution in [1.29, 1.82) is 0 Å². The fourth-order valence-electron chi connectivity index (χ4n) is 5.09. The Morgan fingerprint density at radius 2 is 2.00 bits per heavy atom. The Bertz CT molecular complexity index is 400. The Morgan fingerprint density at radius 1 is 1.26 bits per heavy atom. The molecule has 2 aliphatic carbocycles. The molecule has 1 aliphatic heterocycles. The van der Waals surface area contributed by atoms with Gasteiger partial charge in [-0.15, -0.1) is 0 Å². The third kappa shape index (κ3) is 1.99. The van der Waals surface area contributed by atoms with E-state index in [0.717, 1.165) is 12.6 Å². The molecule has 2 fully saturated rings. The van der Waals surface area contributed by atoms with Crippen molar-refractivity contribution in [2.75, 3.05) is 13.8 Å². The summed E-state index contributed by atoms with van der Waals surface area (Å²) in [5.41, 5.74) is 2.19. The van der Waals surface area contributed by atoms with E-state index in [-0.39, 0.29) is 5.60 Å². The standard InChI is InChI=1S/C17H29NO/c1-12-7-6-9-17(4)10-8-13-15(14(12)17)18(5)11-19-16(13,2)3/h7,13-15H,6,8-11H2,1-5H3/t13-,14+,15-,17-/m1/s1. The molecule has 2 heteroatoms. The molecule has 108 valence electrons. The number of fused-ring (bicyclic) bond motifs is 3. The van der Waals surface area contributed by atoms with Gasteiger partial charge in [-0.1, -0.05) is 18.6 Å². The highest BCUT2D eigenvalue weighted by molar-refractivity contribution is 5.20. The minimum Gasteiger partial charge on any atom is -0.360 e. The summed E-state index contributed by atoms with van der Waals surface area (Å²) in [5.74, 6) is 1.40. The Hall–Kier alpha value is -0.340. The monoisotopic (exact) mass is 263 g/mol. The van der Waals surface area contributed by atoms with E-state index in [0.29, 0.717) is 17.4 Å². The molecule has 1 saturated carbocycles. The van der Waals surface area contributed by atoms with E-state index < -0.39 is 0 Å². The third-order valence-electron chi connectivity index (χ3n) is 6.25. The third-order valence-corrected chi connectivity index (χ3v) is 6.25. The summed E-state index contributed by atoms with van der Waals surface area (Å²) in [6.07, 6.45) is 7.82. The normalized spacial score (nSPS) is 46.2. The average Bonchev–Trinajstić information content (AvgIpc) is 2.33. The van der Waals surface area contributed by atoms with Gasteiger partial charge in [0.1, 0.15) is 0 Å². The van der Waals surface area contributed by atoms with E-state index in [2.05, 4.69) is 45.7 Å². The second kappa shape index (κ2) is 4.33. The minimum absolute atomic E-state index is 0.0379. The summed E-state index contributed by atoms with van der Waals surface area (Å²) < 4.78 is 6.10. The van der Waals surface area contributed by atoms with Crippen LogP contribution in [0.5, 0.6) is 0 Å². The lowest BCUT2D eigenvalue weighted by molar-refractivity contribution is -0.207. The first-order valence-electron chi connectivity index (χ1n) is 7.86. The SMILES string of the molecule is CC1=CCC[C@]2(C)CC[C@@H]3[C@H]([C@H]12)N(C)COC3(C)C. The van der Waals surface area contributed by atoms with Crippen molar-refractivity contribution in [3.05, 3.63) is 11.6 Å². The summed E-state index contributed by atoms with van der Waals surface area (Å²) >= 11 is 0. The van der Waals surface area contributed by atoms with Crippen LogP contribution in [0.15, 0.2) is 11.6 Å². The molecule has 4 atom stereocenters. The Balaban J connectivity index is 2.01. The molecule has 0 aromatic carbocycles. The number of allylic oxidation sites excluding steroid dienone is 1. The molecule has 0 aromatic rings. The lowest BCUT2D eigenvalue weighted by Crippen LogP contribution is -2.63. The number of hydrogen-bond donors (Lipinski definition) is 0. The van der Waals surface area contributed by atoms with Gasteiger partial charge in [-0.3, -0.25) is 4.90 Å². The highest BCUT2D eigenvalue weighted by Gasteiger charge is 2.55. The van der Waals surface area contributed by atoms with Crippen molar-refractivity contribution in [2.24, 2.45) is 17.3 Å². The first-order valence-corrected chi connectivity index (χ1v) is 7.86. The van der Waals surface area contributed by atoms with E-state index in [9.17, 15) is 0 Å². The summed E-state index contributed by atoms with van der Waals surface area (Å²) in [6, 6.07) is 0.666. The molecular formula is C17H29NO.